The third-order valence-electron chi connectivity index (χ3n) is 4.50. The van der Waals surface area contributed by atoms with Crippen LogP contribution in [0.5, 0.6) is 0 Å². The zero-order valence-corrected chi connectivity index (χ0v) is 10.5. The molecule has 0 saturated heterocycles. The Morgan fingerprint density at radius 3 is 2.61 bits per heavy atom. The number of rotatable bonds is 3. The second kappa shape index (κ2) is 4.68. The zero-order valence-electron chi connectivity index (χ0n) is 10.5. The molecule has 3 saturated carbocycles. The lowest BCUT2D eigenvalue weighted by molar-refractivity contribution is -0.140. The van der Waals surface area contributed by atoms with Gasteiger partial charge in [0.15, 0.2) is 0 Å². The summed E-state index contributed by atoms with van der Waals surface area (Å²) in [6, 6.07) is 9.85. The van der Waals surface area contributed by atoms with Crippen molar-refractivity contribution in [2.24, 2.45) is 17.8 Å². The summed E-state index contributed by atoms with van der Waals surface area (Å²) in [5, 5.41) is 0. The van der Waals surface area contributed by atoms with Crippen LogP contribution in [0.4, 0.5) is 0 Å². The third kappa shape index (κ3) is 2.12. The monoisotopic (exact) mass is 242 g/mol. The molecule has 3 unspecified atom stereocenters. The summed E-state index contributed by atoms with van der Waals surface area (Å²) in [5.41, 5.74) is 1.07. The molecule has 0 N–H and O–H groups in total. The Labute approximate surface area is 107 Å². The predicted molar refractivity (Wildman–Crippen MR) is 69.1 cm³/mol. The number of carbonyl (C=O) groups excluding carboxylic acids is 2. The maximum atomic E-state index is 12.4. The van der Waals surface area contributed by atoms with Gasteiger partial charge in [-0.3, -0.25) is 9.59 Å². The Bertz CT molecular complexity index is 463. The molecular formula is C16H18O2. The topological polar surface area (TPSA) is 34.1 Å². The highest BCUT2D eigenvalue weighted by molar-refractivity contribution is 5.92. The second-order valence-corrected chi connectivity index (χ2v) is 5.69. The molecule has 0 aromatic heterocycles. The predicted octanol–water partition coefficient (Wildman–Crippen LogP) is 2.80. The van der Waals surface area contributed by atoms with E-state index in [1.807, 2.05) is 30.3 Å². The zero-order chi connectivity index (χ0) is 12.5. The lowest BCUT2D eigenvalue weighted by Crippen LogP contribution is -2.42. The first kappa shape index (κ1) is 11.6. The van der Waals surface area contributed by atoms with Crippen LogP contribution in [0.15, 0.2) is 30.3 Å². The van der Waals surface area contributed by atoms with Gasteiger partial charge in [-0.2, -0.15) is 0 Å². The van der Waals surface area contributed by atoms with Gasteiger partial charge in [0.1, 0.15) is 11.6 Å². The van der Waals surface area contributed by atoms with E-state index in [0.29, 0.717) is 18.1 Å². The Kier molecular flexibility index (Phi) is 3.02. The first-order chi connectivity index (χ1) is 8.74. The maximum Gasteiger partial charge on any atom is 0.141 e. The summed E-state index contributed by atoms with van der Waals surface area (Å²) in [7, 11) is 0. The maximum absolute atomic E-state index is 12.4. The Morgan fingerprint density at radius 1 is 1.17 bits per heavy atom. The summed E-state index contributed by atoms with van der Waals surface area (Å²) in [4.78, 5) is 24.2. The molecule has 0 aliphatic heterocycles. The number of ketones is 2. The molecule has 2 heteroatoms. The highest BCUT2D eigenvalue weighted by atomic mass is 16.1. The fourth-order valence-electron chi connectivity index (χ4n) is 3.55. The average Bonchev–Trinajstić information content (AvgIpc) is 2.40. The van der Waals surface area contributed by atoms with Crippen LogP contribution in [-0.4, -0.2) is 11.6 Å². The van der Waals surface area contributed by atoms with Crippen molar-refractivity contribution in [1.29, 1.82) is 0 Å². The highest BCUT2D eigenvalue weighted by Crippen LogP contribution is 2.43. The van der Waals surface area contributed by atoms with Crippen LogP contribution in [0.2, 0.25) is 0 Å². The summed E-state index contributed by atoms with van der Waals surface area (Å²) in [5.74, 6) is 1.12. The Morgan fingerprint density at radius 2 is 1.94 bits per heavy atom. The van der Waals surface area contributed by atoms with Crippen molar-refractivity contribution in [2.75, 3.05) is 0 Å². The number of hydrogen-bond donors (Lipinski definition) is 0. The molecule has 3 atom stereocenters. The van der Waals surface area contributed by atoms with Gasteiger partial charge in [0.2, 0.25) is 0 Å². The van der Waals surface area contributed by atoms with Crippen LogP contribution in [0, 0.1) is 17.8 Å². The van der Waals surface area contributed by atoms with Gasteiger partial charge in [0.25, 0.3) is 0 Å². The quantitative estimate of drug-likeness (QED) is 0.816. The van der Waals surface area contributed by atoms with E-state index in [1.165, 1.54) is 0 Å². The smallest absolute Gasteiger partial charge is 0.141 e. The van der Waals surface area contributed by atoms with Crippen LogP contribution in [0.1, 0.15) is 31.2 Å². The van der Waals surface area contributed by atoms with Gasteiger partial charge < -0.3 is 0 Å². The molecule has 0 radical (unpaired) electrons. The van der Waals surface area contributed by atoms with E-state index in [4.69, 9.17) is 0 Å². The molecule has 2 nitrogen and oxygen atoms in total. The first-order valence-corrected chi connectivity index (χ1v) is 6.83. The van der Waals surface area contributed by atoms with Gasteiger partial charge in [-0.05, 0) is 30.7 Å². The van der Waals surface area contributed by atoms with E-state index in [9.17, 15) is 9.59 Å². The van der Waals surface area contributed by atoms with Crippen molar-refractivity contribution in [3.63, 3.8) is 0 Å². The first-order valence-electron chi connectivity index (χ1n) is 6.83. The van der Waals surface area contributed by atoms with Crippen LogP contribution >= 0.6 is 0 Å². The fraction of sp³-hybridized carbons (Fsp3) is 0.500. The van der Waals surface area contributed by atoms with Crippen molar-refractivity contribution >= 4 is 11.6 Å². The lowest BCUT2D eigenvalue weighted by Gasteiger charge is -2.40. The van der Waals surface area contributed by atoms with Gasteiger partial charge in [-0.25, -0.2) is 0 Å². The number of benzene rings is 1. The largest absolute Gasteiger partial charge is 0.299 e. The van der Waals surface area contributed by atoms with Crippen molar-refractivity contribution < 1.29 is 9.59 Å². The summed E-state index contributed by atoms with van der Waals surface area (Å²) in [6.07, 6.45) is 4.24. The highest BCUT2D eigenvalue weighted by Gasteiger charge is 2.43. The van der Waals surface area contributed by atoms with Crippen molar-refractivity contribution in [1.82, 2.24) is 0 Å². The van der Waals surface area contributed by atoms with E-state index in [1.54, 1.807) is 0 Å². The number of hydrogen-bond acceptors (Lipinski definition) is 2. The molecule has 18 heavy (non-hydrogen) atoms. The third-order valence-corrected chi connectivity index (χ3v) is 4.50. The minimum absolute atomic E-state index is 0.00482. The second-order valence-electron chi connectivity index (χ2n) is 5.69. The van der Waals surface area contributed by atoms with Crippen molar-refractivity contribution in [3.05, 3.63) is 35.9 Å². The van der Waals surface area contributed by atoms with Crippen molar-refractivity contribution in [3.8, 4) is 0 Å². The summed E-state index contributed by atoms with van der Waals surface area (Å²) in [6.45, 7) is 0. The van der Waals surface area contributed by atoms with Gasteiger partial charge in [-0.1, -0.05) is 30.3 Å². The molecule has 3 aliphatic rings. The molecule has 0 spiro atoms. The normalized spacial score (nSPS) is 30.4. The Balaban J connectivity index is 1.72. The molecular weight excluding hydrogens is 224 g/mol. The molecule has 3 aliphatic carbocycles. The molecule has 4 rings (SSSR count). The SMILES string of the molecule is O=C1CC2CCC1C(C(=O)Cc1ccccc1)C2. The molecule has 2 bridgehead atoms. The van der Waals surface area contributed by atoms with Gasteiger partial charge in [0.05, 0.1) is 0 Å². The van der Waals surface area contributed by atoms with E-state index in [0.717, 1.165) is 31.2 Å². The van der Waals surface area contributed by atoms with Crippen molar-refractivity contribution in [2.45, 2.75) is 32.1 Å². The van der Waals surface area contributed by atoms with Crippen LogP contribution < -0.4 is 0 Å². The molecule has 94 valence electrons. The number of carbonyl (C=O) groups is 2. The fourth-order valence-corrected chi connectivity index (χ4v) is 3.55. The van der Waals surface area contributed by atoms with E-state index >= 15 is 0 Å². The minimum Gasteiger partial charge on any atom is -0.299 e. The number of fused-ring (bicyclic) bond motifs is 3. The molecule has 3 fully saturated rings. The lowest BCUT2D eigenvalue weighted by atomic mass is 9.62. The van der Waals surface area contributed by atoms with Gasteiger partial charge in [-0.15, -0.1) is 0 Å². The minimum atomic E-state index is 0.00482. The van der Waals surface area contributed by atoms with Crippen LogP contribution in [0.25, 0.3) is 0 Å². The Hall–Kier alpha value is -1.44. The standard InChI is InChI=1S/C16H18O2/c17-15-10-12-6-7-13(15)14(8-12)16(18)9-11-4-2-1-3-5-11/h1-5,12-14H,6-10H2. The number of Topliss-reactive ketones (excluding diaryl/α,β-unsaturated/α-hetero) is 2. The molecule has 1 aromatic carbocycles. The van der Waals surface area contributed by atoms with E-state index < -0.39 is 0 Å². The average molecular weight is 242 g/mol. The van der Waals surface area contributed by atoms with Gasteiger partial charge in [0, 0.05) is 24.7 Å². The molecule has 0 heterocycles. The van der Waals surface area contributed by atoms with E-state index in [-0.39, 0.29) is 17.6 Å². The van der Waals surface area contributed by atoms with Gasteiger partial charge >= 0.3 is 0 Å². The molecule has 1 aromatic rings. The summed E-state index contributed by atoms with van der Waals surface area (Å²) < 4.78 is 0. The van der Waals surface area contributed by atoms with Crippen LogP contribution in [-0.2, 0) is 16.0 Å². The van der Waals surface area contributed by atoms with E-state index in [2.05, 4.69) is 0 Å². The van der Waals surface area contributed by atoms with Crippen LogP contribution in [0.3, 0.4) is 0 Å². The summed E-state index contributed by atoms with van der Waals surface area (Å²) >= 11 is 0. The molecule has 0 amide bonds.